The first-order valence-electron chi connectivity index (χ1n) is 6.85. The van der Waals surface area contributed by atoms with Crippen LogP contribution in [0.2, 0.25) is 0 Å². The molecule has 2 fully saturated rings. The first-order chi connectivity index (χ1) is 8.16. The second-order valence-corrected chi connectivity index (χ2v) is 5.43. The first kappa shape index (κ1) is 12.8. The molecule has 1 saturated heterocycles. The fourth-order valence-electron chi connectivity index (χ4n) is 3.10. The summed E-state index contributed by atoms with van der Waals surface area (Å²) >= 11 is 0. The van der Waals surface area contributed by atoms with Crippen LogP contribution in [0.5, 0.6) is 0 Å². The molecule has 1 amide bonds. The van der Waals surface area contributed by atoms with Gasteiger partial charge in [0, 0.05) is 19.1 Å². The number of amides is 1. The number of carbonyl (C=O) groups is 1. The second kappa shape index (κ2) is 5.36. The van der Waals surface area contributed by atoms with Gasteiger partial charge in [-0.15, -0.1) is 0 Å². The normalized spacial score (nSPS) is 35.0. The fourth-order valence-corrected chi connectivity index (χ4v) is 3.10. The van der Waals surface area contributed by atoms with Crippen LogP contribution in [0.15, 0.2) is 0 Å². The van der Waals surface area contributed by atoms with Crippen LogP contribution in [0.4, 0.5) is 0 Å². The second-order valence-electron chi connectivity index (χ2n) is 5.43. The highest BCUT2D eigenvalue weighted by Gasteiger charge is 2.43. The van der Waals surface area contributed by atoms with Crippen LogP contribution >= 0.6 is 0 Å². The van der Waals surface area contributed by atoms with E-state index < -0.39 is 5.54 Å². The van der Waals surface area contributed by atoms with Gasteiger partial charge in [-0.25, -0.2) is 0 Å². The molecule has 4 nitrogen and oxygen atoms in total. The molecule has 0 aromatic heterocycles. The minimum Gasteiger partial charge on any atom is -0.378 e. The standard InChI is InChI=1S/C13H24N2O2/c1-2-11-9-13(12(14)16,7-8-17-11)15-10-5-3-4-6-10/h10-11,15H,2-9H2,1H3,(H2,14,16). The van der Waals surface area contributed by atoms with Crippen LogP contribution in [0.25, 0.3) is 0 Å². The average molecular weight is 240 g/mol. The van der Waals surface area contributed by atoms with Gasteiger partial charge in [0.25, 0.3) is 0 Å². The Hall–Kier alpha value is -0.610. The monoisotopic (exact) mass is 240 g/mol. The highest BCUT2D eigenvalue weighted by Crippen LogP contribution is 2.29. The molecule has 1 aliphatic heterocycles. The third-order valence-corrected chi connectivity index (χ3v) is 4.22. The molecule has 0 spiro atoms. The van der Waals surface area contributed by atoms with Crippen LogP contribution in [0.3, 0.4) is 0 Å². The molecule has 1 saturated carbocycles. The maximum Gasteiger partial charge on any atom is 0.237 e. The number of hydrogen-bond acceptors (Lipinski definition) is 3. The maximum absolute atomic E-state index is 11.8. The summed E-state index contributed by atoms with van der Waals surface area (Å²) in [5, 5.41) is 3.54. The predicted octanol–water partition coefficient (Wildman–Crippen LogP) is 1.33. The third kappa shape index (κ3) is 2.80. The Morgan fingerprint density at radius 2 is 2.18 bits per heavy atom. The number of hydrogen-bond donors (Lipinski definition) is 2. The van der Waals surface area contributed by atoms with Crippen LogP contribution in [-0.4, -0.2) is 30.2 Å². The van der Waals surface area contributed by atoms with Gasteiger partial charge < -0.3 is 15.8 Å². The Bertz CT molecular complexity index is 277. The predicted molar refractivity (Wildman–Crippen MR) is 66.6 cm³/mol. The molecule has 2 atom stereocenters. The molecule has 0 bridgehead atoms. The van der Waals surface area contributed by atoms with Crippen molar-refractivity contribution < 1.29 is 9.53 Å². The largest absolute Gasteiger partial charge is 0.378 e. The summed E-state index contributed by atoms with van der Waals surface area (Å²) in [6.07, 6.45) is 7.44. The van der Waals surface area contributed by atoms with Crippen molar-refractivity contribution in [2.45, 2.75) is 69.6 Å². The molecule has 4 heteroatoms. The summed E-state index contributed by atoms with van der Waals surface area (Å²) in [5.41, 5.74) is 5.12. The number of ether oxygens (including phenoxy) is 1. The van der Waals surface area contributed by atoms with E-state index in [1.54, 1.807) is 0 Å². The molecular weight excluding hydrogens is 216 g/mol. The zero-order chi connectivity index (χ0) is 12.3. The highest BCUT2D eigenvalue weighted by atomic mass is 16.5. The minimum absolute atomic E-state index is 0.171. The van der Waals surface area contributed by atoms with Gasteiger partial charge in [-0.1, -0.05) is 19.8 Å². The number of nitrogens with two attached hydrogens (primary N) is 1. The number of rotatable bonds is 4. The summed E-state index contributed by atoms with van der Waals surface area (Å²) in [6, 6.07) is 0.470. The quantitative estimate of drug-likeness (QED) is 0.779. The average Bonchev–Trinajstić information content (AvgIpc) is 2.81. The zero-order valence-corrected chi connectivity index (χ0v) is 10.7. The smallest absolute Gasteiger partial charge is 0.237 e. The van der Waals surface area contributed by atoms with Gasteiger partial charge in [-0.3, -0.25) is 4.79 Å². The molecule has 17 heavy (non-hydrogen) atoms. The molecule has 2 aliphatic rings. The Morgan fingerprint density at radius 1 is 1.47 bits per heavy atom. The number of primary amides is 1. The van der Waals surface area contributed by atoms with Crippen LogP contribution < -0.4 is 11.1 Å². The van der Waals surface area contributed by atoms with Crippen molar-refractivity contribution in [1.29, 1.82) is 0 Å². The molecule has 1 heterocycles. The van der Waals surface area contributed by atoms with Crippen molar-refractivity contribution in [1.82, 2.24) is 5.32 Å². The SMILES string of the molecule is CCC1CC(NC2CCCC2)(C(N)=O)CCO1. The zero-order valence-electron chi connectivity index (χ0n) is 10.7. The topological polar surface area (TPSA) is 64.3 Å². The van der Waals surface area contributed by atoms with E-state index in [9.17, 15) is 4.79 Å². The van der Waals surface area contributed by atoms with E-state index in [0.717, 1.165) is 19.3 Å². The first-order valence-corrected chi connectivity index (χ1v) is 6.85. The van der Waals surface area contributed by atoms with Crippen molar-refractivity contribution in [3.05, 3.63) is 0 Å². The molecule has 2 unspecified atom stereocenters. The molecule has 1 aliphatic carbocycles. The lowest BCUT2D eigenvalue weighted by Crippen LogP contribution is -2.62. The fraction of sp³-hybridized carbons (Fsp3) is 0.923. The molecule has 0 radical (unpaired) electrons. The van der Waals surface area contributed by atoms with Gasteiger partial charge in [0.1, 0.15) is 5.54 Å². The molecule has 0 aromatic carbocycles. The lowest BCUT2D eigenvalue weighted by Gasteiger charge is -2.40. The summed E-state index contributed by atoms with van der Waals surface area (Å²) < 4.78 is 5.65. The molecule has 98 valence electrons. The van der Waals surface area contributed by atoms with E-state index in [-0.39, 0.29) is 12.0 Å². The van der Waals surface area contributed by atoms with Gasteiger partial charge in [-0.2, -0.15) is 0 Å². The summed E-state index contributed by atoms with van der Waals surface area (Å²) in [4.78, 5) is 11.8. The van der Waals surface area contributed by atoms with Crippen LogP contribution in [-0.2, 0) is 9.53 Å². The van der Waals surface area contributed by atoms with E-state index in [0.29, 0.717) is 12.6 Å². The molecule has 0 aromatic rings. The third-order valence-electron chi connectivity index (χ3n) is 4.22. The van der Waals surface area contributed by atoms with E-state index in [2.05, 4.69) is 12.2 Å². The van der Waals surface area contributed by atoms with Crippen molar-refractivity contribution in [2.75, 3.05) is 6.61 Å². The van der Waals surface area contributed by atoms with E-state index in [1.165, 1.54) is 25.7 Å². The Labute approximate surface area is 103 Å². The summed E-state index contributed by atoms with van der Waals surface area (Å²) in [5.74, 6) is -0.203. The van der Waals surface area contributed by atoms with Crippen molar-refractivity contribution in [3.63, 3.8) is 0 Å². The van der Waals surface area contributed by atoms with E-state index in [1.807, 2.05) is 0 Å². The van der Waals surface area contributed by atoms with Crippen molar-refractivity contribution in [3.8, 4) is 0 Å². The van der Waals surface area contributed by atoms with E-state index >= 15 is 0 Å². The lowest BCUT2D eigenvalue weighted by atomic mass is 9.84. The van der Waals surface area contributed by atoms with Gasteiger partial charge in [-0.05, 0) is 25.7 Å². The molecule has 2 rings (SSSR count). The van der Waals surface area contributed by atoms with Crippen LogP contribution in [0.1, 0.15) is 51.9 Å². The lowest BCUT2D eigenvalue weighted by molar-refractivity contribution is -0.132. The summed E-state index contributed by atoms with van der Waals surface area (Å²) in [7, 11) is 0. The minimum atomic E-state index is -0.520. The van der Waals surface area contributed by atoms with Crippen molar-refractivity contribution in [2.24, 2.45) is 5.73 Å². The molecular formula is C13H24N2O2. The van der Waals surface area contributed by atoms with Gasteiger partial charge in [0.2, 0.25) is 5.91 Å². The number of carbonyl (C=O) groups excluding carboxylic acids is 1. The van der Waals surface area contributed by atoms with Crippen molar-refractivity contribution >= 4 is 5.91 Å². The van der Waals surface area contributed by atoms with E-state index in [4.69, 9.17) is 10.5 Å². The Balaban J connectivity index is 2.05. The van der Waals surface area contributed by atoms with Gasteiger partial charge in [0.05, 0.1) is 6.10 Å². The Morgan fingerprint density at radius 3 is 2.76 bits per heavy atom. The maximum atomic E-state index is 11.8. The van der Waals surface area contributed by atoms with Crippen LogP contribution in [0, 0.1) is 0 Å². The van der Waals surface area contributed by atoms with Gasteiger partial charge in [0.15, 0.2) is 0 Å². The summed E-state index contributed by atoms with van der Waals surface area (Å²) in [6.45, 7) is 2.73. The molecule has 3 N–H and O–H groups in total. The Kier molecular flexibility index (Phi) is 4.05. The highest BCUT2D eigenvalue weighted by molar-refractivity contribution is 5.84. The number of nitrogens with one attached hydrogen (secondary N) is 1. The van der Waals surface area contributed by atoms with Gasteiger partial charge >= 0.3 is 0 Å².